The molecule has 0 radical (unpaired) electrons. The number of carbonyl (C=O) groups excluding carboxylic acids is 3. The van der Waals surface area contributed by atoms with Gasteiger partial charge < -0.3 is 10.0 Å². The number of rotatable bonds is 7. The van der Waals surface area contributed by atoms with Crippen LogP contribution in [0, 0.1) is 0 Å². The molecule has 1 heterocycles. The Morgan fingerprint density at radius 1 is 1.00 bits per heavy atom. The van der Waals surface area contributed by atoms with Crippen LogP contribution in [-0.2, 0) is 11.2 Å². The summed E-state index contributed by atoms with van der Waals surface area (Å²) >= 11 is 0. The molecule has 0 spiro atoms. The van der Waals surface area contributed by atoms with E-state index in [9.17, 15) is 19.5 Å². The van der Waals surface area contributed by atoms with Crippen molar-refractivity contribution in [2.45, 2.75) is 19.4 Å². The summed E-state index contributed by atoms with van der Waals surface area (Å²) < 4.78 is 0. The average molecular weight is 366 g/mol. The molecule has 0 fully saturated rings. The van der Waals surface area contributed by atoms with Gasteiger partial charge in [0, 0.05) is 19.5 Å². The Kier molecular flexibility index (Phi) is 5.66. The predicted octanol–water partition coefficient (Wildman–Crippen LogP) is 1.73. The van der Waals surface area contributed by atoms with Crippen LogP contribution >= 0.6 is 0 Å². The fourth-order valence-electron chi connectivity index (χ4n) is 3.37. The summed E-state index contributed by atoms with van der Waals surface area (Å²) in [7, 11) is 0. The third kappa shape index (κ3) is 3.61. The highest BCUT2D eigenvalue weighted by Gasteiger charge is 2.43. The Morgan fingerprint density at radius 2 is 1.56 bits per heavy atom. The highest BCUT2D eigenvalue weighted by atomic mass is 16.3. The number of aliphatic hydroxyl groups is 1. The van der Waals surface area contributed by atoms with Crippen LogP contribution in [0.2, 0.25) is 0 Å². The zero-order valence-corrected chi connectivity index (χ0v) is 15.2. The van der Waals surface area contributed by atoms with Gasteiger partial charge in [-0.05, 0) is 24.6 Å². The van der Waals surface area contributed by atoms with Crippen molar-refractivity contribution in [2.24, 2.45) is 0 Å². The van der Waals surface area contributed by atoms with Crippen LogP contribution in [0.4, 0.5) is 0 Å². The predicted molar refractivity (Wildman–Crippen MR) is 100 cm³/mol. The number of amides is 3. The van der Waals surface area contributed by atoms with Crippen molar-refractivity contribution in [3.8, 4) is 0 Å². The van der Waals surface area contributed by atoms with Crippen molar-refractivity contribution in [3.05, 3.63) is 71.3 Å². The number of aliphatic hydroxyl groups excluding tert-OH is 1. The van der Waals surface area contributed by atoms with E-state index < -0.39 is 17.9 Å². The number of benzene rings is 2. The van der Waals surface area contributed by atoms with E-state index >= 15 is 0 Å². The normalized spacial score (nSPS) is 14.2. The van der Waals surface area contributed by atoms with E-state index in [1.54, 1.807) is 31.2 Å². The van der Waals surface area contributed by atoms with Gasteiger partial charge in [0.05, 0.1) is 17.7 Å². The Bertz CT molecular complexity index is 815. The summed E-state index contributed by atoms with van der Waals surface area (Å²) in [6.45, 7) is 2.16. The van der Waals surface area contributed by atoms with Crippen LogP contribution in [0.3, 0.4) is 0 Å². The maximum atomic E-state index is 13.2. The number of hydrogen-bond donors (Lipinski definition) is 1. The maximum absolute atomic E-state index is 13.2. The highest BCUT2D eigenvalue weighted by molar-refractivity contribution is 6.22. The first-order valence-electron chi connectivity index (χ1n) is 8.99. The molecule has 0 saturated heterocycles. The second-order valence-corrected chi connectivity index (χ2v) is 6.37. The van der Waals surface area contributed by atoms with Gasteiger partial charge in [0.1, 0.15) is 6.04 Å². The van der Waals surface area contributed by atoms with Crippen molar-refractivity contribution >= 4 is 17.7 Å². The fourth-order valence-corrected chi connectivity index (χ4v) is 3.37. The lowest BCUT2D eigenvalue weighted by Crippen LogP contribution is -2.52. The standard InChI is InChI=1S/C21H22N2O4/c1-2-22(12-13-24)21(27)18(14-15-8-4-3-5-9-15)23-19(25)16-10-6-7-11-17(16)20(23)26/h3-11,18,24H,2,12-14H2,1H3. The van der Waals surface area contributed by atoms with Gasteiger partial charge in [0.2, 0.25) is 5.91 Å². The van der Waals surface area contributed by atoms with Gasteiger partial charge in [-0.2, -0.15) is 0 Å². The summed E-state index contributed by atoms with van der Waals surface area (Å²) in [5, 5.41) is 9.26. The molecular formula is C21H22N2O4. The Morgan fingerprint density at radius 3 is 2.07 bits per heavy atom. The van der Waals surface area contributed by atoms with Crippen molar-refractivity contribution in [1.82, 2.24) is 9.80 Å². The molecular weight excluding hydrogens is 344 g/mol. The van der Waals surface area contributed by atoms with Gasteiger partial charge in [-0.15, -0.1) is 0 Å². The highest BCUT2D eigenvalue weighted by Crippen LogP contribution is 2.26. The van der Waals surface area contributed by atoms with E-state index in [1.807, 2.05) is 30.3 Å². The summed E-state index contributed by atoms with van der Waals surface area (Å²) in [4.78, 5) is 41.5. The Hall–Kier alpha value is -2.99. The quantitative estimate of drug-likeness (QED) is 0.757. The third-order valence-electron chi connectivity index (χ3n) is 4.76. The molecule has 1 aliphatic rings. The molecule has 6 heteroatoms. The van der Waals surface area contributed by atoms with E-state index in [1.165, 1.54) is 4.90 Å². The molecule has 3 rings (SSSR count). The lowest BCUT2D eigenvalue weighted by atomic mass is 10.0. The lowest BCUT2D eigenvalue weighted by molar-refractivity contribution is -0.135. The van der Waals surface area contributed by atoms with Crippen molar-refractivity contribution in [1.29, 1.82) is 0 Å². The van der Waals surface area contributed by atoms with Gasteiger partial charge in [0.25, 0.3) is 11.8 Å². The molecule has 3 amide bonds. The second-order valence-electron chi connectivity index (χ2n) is 6.37. The molecule has 140 valence electrons. The fraction of sp³-hybridized carbons (Fsp3) is 0.286. The summed E-state index contributed by atoms with van der Waals surface area (Å²) in [6.07, 6.45) is 0.229. The SMILES string of the molecule is CCN(CCO)C(=O)C(Cc1ccccc1)N1C(=O)c2ccccc2C1=O. The van der Waals surface area contributed by atoms with Gasteiger partial charge in [0.15, 0.2) is 0 Å². The minimum atomic E-state index is -0.953. The van der Waals surface area contributed by atoms with E-state index in [2.05, 4.69) is 0 Å². The molecule has 2 aromatic rings. The zero-order chi connectivity index (χ0) is 19.4. The van der Waals surface area contributed by atoms with Crippen LogP contribution in [0.1, 0.15) is 33.2 Å². The number of fused-ring (bicyclic) bond motifs is 1. The topological polar surface area (TPSA) is 77.9 Å². The summed E-state index contributed by atoms with van der Waals surface area (Å²) in [6, 6.07) is 14.9. The summed E-state index contributed by atoms with van der Waals surface area (Å²) in [5.74, 6) is -1.25. The lowest BCUT2D eigenvalue weighted by Gasteiger charge is -2.30. The largest absolute Gasteiger partial charge is 0.395 e. The molecule has 0 bridgehead atoms. The molecule has 1 N–H and O–H groups in total. The molecule has 0 saturated carbocycles. The Balaban J connectivity index is 1.98. The minimum absolute atomic E-state index is 0.157. The maximum Gasteiger partial charge on any atom is 0.262 e. The van der Waals surface area contributed by atoms with Crippen LogP contribution in [0.25, 0.3) is 0 Å². The van der Waals surface area contributed by atoms with E-state index in [4.69, 9.17) is 0 Å². The monoisotopic (exact) mass is 366 g/mol. The van der Waals surface area contributed by atoms with Gasteiger partial charge in [-0.3, -0.25) is 19.3 Å². The first-order valence-corrected chi connectivity index (χ1v) is 8.99. The smallest absolute Gasteiger partial charge is 0.262 e. The van der Waals surface area contributed by atoms with Crippen LogP contribution < -0.4 is 0 Å². The van der Waals surface area contributed by atoms with Crippen molar-refractivity contribution in [3.63, 3.8) is 0 Å². The summed E-state index contributed by atoms with van der Waals surface area (Å²) in [5.41, 5.74) is 1.49. The molecule has 0 aliphatic carbocycles. The molecule has 27 heavy (non-hydrogen) atoms. The minimum Gasteiger partial charge on any atom is -0.395 e. The molecule has 1 atom stereocenters. The number of nitrogens with zero attached hydrogens (tertiary/aromatic N) is 2. The molecule has 1 unspecified atom stereocenters. The third-order valence-corrected chi connectivity index (χ3v) is 4.76. The molecule has 6 nitrogen and oxygen atoms in total. The Labute approximate surface area is 158 Å². The van der Waals surface area contributed by atoms with Crippen LogP contribution in [-0.4, -0.2) is 58.4 Å². The first kappa shape index (κ1) is 18.8. The van der Waals surface area contributed by atoms with Gasteiger partial charge in [-0.25, -0.2) is 0 Å². The van der Waals surface area contributed by atoms with Crippen LogP contribution in [0.5, 0.6) is 0 Å². The number of carbonyl (C=O) groups is 3. The van der Waals surface area contributed by atoms with Crippen molar-refractivity contribution < 1.29 is 19.5 Å². The van der Waals surface area contributed by atoms with E-state index in [0.717, 1.165) is 10.5 Å². The number of likely N-dealkylation sites (N-methyl/N-ethyl adjacent to an activating group) is 1. The number of hydrogen-bond acceptors (Lipinski definition) is 4. The van der Waals surface area contributed by atoms with E-state index in [0.29, 0.717) is 17.7 Å². The number of imide groups is 1. The first-order chi connectivity index (χ1) is 13.1. The van der Waals surface area contributed by atoms with Crippen molar-refractivity contribution in [2.75, 3.05) is 19.7 Å². The second kappa shape index (κ2) is 8.14. The average Bonchev–Trinajstić information content (AvgIpc) is 2.95. The van der Waals surface area contributed by atoms with Gasteiger partial charge in [-0.1, -0.05) is 42.5 Å². The molecule has 2 aromatic carbocycles. The molecule has 1 aliphatic heterocycles. The zero-order valence-electron chi connectivity index (χ0n) is 15.2. The van der Waals surface area contributed by atoms with E-state index in [-0.39, 0.29) is 25.5 Å². The van der Waals surface area contributed by atoms with Gasteiger partial charge >= 0.3 is 0 Å². The molecule has 0 aromatic heterocycles. The van der Waals surface area contributed by atoms with Crippen LogP contribution in [0.15, 0.2) is 54.6 Å².